The molecule has 0 heterocycles. The van der Waals surface area contributed by atoms with Crippen LogP contribution in [0.3, 0.4) is 0 Å². The lowest BCUT2D eigenvalue weighted by Gasteiger charge is -2.13. The zero-order chi connectivity index (χ0) is 16.7. The Balaban J connectivity index is 2.32. The number of benzene rings is 2. The van der Waals surface area contributed by atoms with Gasteiger partial charge in [0.1, 0.15) is 12.9 Å². The molecule has 5 heteroatoms. The molecule has 2 aromatic rings. The second kappa shape index (κ2) is 8.67. The van der Waals surface area contributed by atoms with E-state index in [0.29, 0.717) is 12.2 Å². The summed E-state index contributed by atoms with van der Waals surface area (Å²) in [7, 11) is 1.50. The van der Waals surface area contributed by atoms with Gasteiger partial charge in [0.25, 0.3) is 0 Å². The van der Waals surface area contributed by atoms with Crippen molar-refractivity contribution < 1.29 is 14.0 Å². The van der Waals surface area contributed by atoms with Gasteiger partial charge in [-0.1, -0.05) is 46.2 Å². The zero-order valence-corrected chi connectivity index (χ0v) is 14.8. The molecular formula is C18H19BrFNO2. The summed E-state index contributed by atoms with van der Waals surface area (Å²) in [6, 6.07) is 12.4. The number of nitrogens with zero attached hydrogens (tertiary/aromatic N) is 1. The van der Waals surface area contributed by atoms with Crippen molar-refractivity contribution in [2.24, 2.45) is 5.16 Å². The van der Waals surface area contributed by atoms with Crippen molar-refractivity contribution in [3.8, 4) is 11.5 Å². The Morgan fingerprint density at radius 1 is 1.17 bits per heavy atom. The van der Waals surface area contributed by atoms with Crippen LogP contribution >= 0.6 is 15.9 Å². The van der Waals surface area contributed by atoms with E-state index in [2.05, 4.69) is 21.1 Å². The van der Waals surface area contributed by atoms with Crippen LogP contribution in [0.5, 0.6) is 11.5 Å². The van der Waals surface area contributed by atoms with E-state index in [1.165, 1.54) is 13.2 Å². The summed E-state index contributed by atoms with van der Waals surface area (Å²) < 4.78 is 20.0. The van der Waals surface area contributed by atoms with Crippen molar-refractivity contribution in [1.29, 1.82) is 0 Å². The fourth-order valence-corrected chi connectivity index (χ4v) is 2.68. The highest BCUT2D eigenvalue weighted by atomic mass is 79.9. The summed E-state index contributed by atoms with van der Waals surface area (Å²) in [5.41, 5.74) is 2.47. The number of hydrogen-bond donors (Lipinski definition) is 0. The number of alkyl halides is 1. The normalized spacial score (nSPS) is 11.4. The Morgan fingerprint density at radius 3 is 2.61 bits per heavy atom. The Labute approximate surface area is 144 Å². The van der Waals surface area contributed by atoms with Gasteiger partial charge in [-0.05, 0) is 42.7 Å². The summed E-state index contributed by atoms with van der Waals surface area (Å²) in [5.74, 6) is 0.376. The first-order valence-electron chi connectivity index (χ1n) is 7.41. The van der Waals surface area contributed by atoms with Crippen LogP contribution in [0, 0.1) is 5.82 Å². The van der Waals surface area contributed by atoms with Crippen molar-refractivity contribution in [3.05, 3.63) is 59.4 Å². The average molecular weight is 380 g/mol. The number of hydrogen-bond acceptors (Lipinski definition) is 3. The first-order valence-corrected chi connectivity index (χ1v) is 8.53. The summed E-state index contributed by atoms with van der Waals surface area (Å²) in [6.45, 7) is 1.98. The minimum Gasteiger partial charge on any atom is -0.454 e. The van der Waals surface area contributed by atoms with Gasteiger partial charge in [-0.3, -0.25) is 0 Å². The largest absolute Gasteiger partial charge is 0.454 e. The third kappa shape index (κ3) is 4.55. The number of ether oxygens (including phenoxy) is 1. The lowest BCUT2D eigenvalue weighted by atomic mass is 10.1. The molecule has 0 aliphatic rings. The highest BCUT2D eigenvalue weighted by Crippen LogP contribution is 2.29. The number of aryl methyl sites for hydroxylation is 1. The summed E-state index contributed by atoms with van der Waals surface area (Å²) in [5, 5.41) is 4.81. The number of rotatable bonds is 7. The van der Waals surface area contributed by atoms with Crippen LogP contribution in [0.2, 0.25) is 0 Å². The Bertz CT molecular complexity index is 688. The molecule has 122 valence electrons. The fourth-order valence-electron chi connectivity index (χ4n) is 2.22. The second-order valence-corrected chi connectivity index (χ2v) is 5.67. The SMILES string of the molecule is CCC(=NOC)c1ccccc1Oc1ccc(CCBr)cc1F. The van der Waals surface area contributed by atoms with Crippen molar-refractivity contribution in [3.63, 3.8) is 0 Å². The Kier molecular flexibility index (Phi) is 6.59. The van der Waals surface area contributed by atoms with Crippen molar-refractivity contribution in [1.82, 2.24) is 0 Å². The van der Waals surface area contributed by atoms with E-state index in [-0.39, 0.29) is 11.6 Å². The van der Waals surface area contributed by atoms with Crippen LogP contribution in [-0.2, 0) is 11.3 Å². The van der Waals surface area contributed by atoms with Gasteiger partial charge in [-0.25, -0.2) is 4.39 Å². The number of para-hydroxylation sites is 1. The smallest absolute Gasteiger partial charge is 0.165 e. The number of oxime groups is 1. The maximum atomic E-state index is 14.2. The monoisotopic (exact) mass is 379 g/mol. The molecule has 2 aromatic carbocycles. The molecular weight excluding hydrogens is 361 g/mol. The fraction of sp³-hybridized carbons (Fsp3) is 0.278. The van der Waals surface area contributed by atoms with Crippen LogP contribution in [-0.4, -0.2) is 18.2 Å². The molecule has 0 saturated carbocycles. The maximum absolute atomic E-state index is 14.2. The van der Waals surface area contributed by atoms with Crippen LogP contribution in [0.15, 0.2) is 47.6 Å². The molecule has 23 heavy (non-hydrogen) atoms. The zero-order valence-electron chi connectivity index (χ0n) is 13.2. The molecule has 0 bridgehead atoms. The van der Waals surface area contributed by atoms with E-state index >= 15 is 0 Å². The van der Waals surface area contributed by atoms with Crippen LogP contribution in [0.4, 0.5) is 4.39 Å². The van der Waals surface area contributed by atoms with E-state index in [1.54, 1.807) is 12.1 Å². The van der Waals surface area contributed by atoms with Gasteiger partial charge < -0.3 is 9.57 Å². The quantitative estimate of drug-likeness (QED) is 0.370. The van der Waals surface area contributed by atoms with Gasteiger partial charge >= 0.3 is 0 Å². The molecule has 0 aliphatic carbocycles. The molecule has 0 aliphatic heterocycles. The van der Waals surface area contributed by atoms with Gasteiger partial charge in [-0.15, -0.1) is 0 Å². The van der Waals surface area contributed by atoms with Gasteiger partial charge in [0, 0.05) is 10.9 Å². The molecule has 0 radical (unpaired) electrons. The molecule has 0 amide bonds. The standard InChI is InChI=1S/C18H19BrFNO2/c1-3-16(21-22-2)14-6-4-5-7-17(14)23-18-9-8-13(10-11-19)12-15(18)20/h4-9,12H,3,10-11H2,1-2H3. The van der Waals surface area contributed by atoms with E-state index in [1.807, 2.05) is 31.2 Å². The third-order valence-electron chi connectivity index (χ3n) is 3.33. The number of halogens is 2. The molecule has 0 atom stereocenters. The van der Waals surface area contributed by atoms with Gasteiger partial charge in [0.05, 0.1) is 5.71 Å². The molecule has 0 spiro atoms. The van der Waals surface area contributed by atoms with Crippen LogP contribution in [0.25, 0.3) is 0 Å². The first kappa shape index (κ1) is 17.5. The van der Waals surface area contributed by atoms with Gasteiger partial charge in [0.15, 0.2) is 11.6 Å². The van der Waals surface area contributed by atoms with Crippen molar-refractivity contribution in [2.75, 3.05) is 12.4 Å². The van der Waals surface area contributed by atoms with E-state index < -0.39 is 0 Å². The van der Waals surface area contributed by atoms with Crippen LogP contribution < -0.4 is 4.74 Å². The topological polar surface area (TPSA) is 30.8 Å². The van der Waals surface area contributed by atoms with E-state index in [4.69, 9.17) is 9.57 Å². The summed E-state index contributed by atoms with van der Waals surface area (Å²) >= 11 is 3.35. The lowest BCUT2D eigenvalue weighted by Crippen LogP contribution is -2.03. The minimum atomic E-state index is -0.375. The molecule has 0 N–H and O–H groups in total. The minimum absolute atomic E-state index is 0.198. The second-order valence-electron chi connectivity index (χ2n) is 4.88. The lowest BCUT2D eigenvalue weighted by molar-refractivity contribution is 0.213. The van der Waals surface area contributed by atoms with Crippen molar-refractivity contribution in [2.45, 2.75) is 19.8 Å². The first-order chi connectivity index (χ1) is 11.2. The molecule has 0 aromatic heterocycles. The predicted octanol–water partition coefficient (Wildman–Crippen LogP) is 5.32. The van der Waals surface area contributed by atoms with E-state index in [9.17, 15) is 4.39 Å². The molecule has 2 rings (SSSR count). The van der Waals surface area contributed by atoms with Crippen molar-refractivity contribution >= 4 is 21.6 Å². The summed E-state index contributed by atoms with van der Waals surface area (Å²) in [6.07, 6.45) is 1.45. The molecule has 0 unspecified atom stereocenters. The highest BCUT2D eigenvalue weighted by molar-refractivity contribution is 9.09. The summed E-state index contributed by atoms with van der Waals surface area (Å²) in [4.78, 5) is 4.87. The van der Waals surface area contributed by atoms with Gasteiger partial charge in [0.2, 0.25) is 0 Å². The molecule has 0 fully saturated rings. The third-order valence-corrected chi connectivity index (χ3v) is 3.73. The maximum Gasteiger partial charge on any atom is 0.165 e. The predicted molar refractivity (Wildman–Crippen MR) is 94.3 cm³/mol. The van der Waals surface area contributed by atoms with E-state index in [0.717, 1.165) is 28.6 Å². The Hall–Kier alpha value is -1.88. The average Bonchev–Trinajstić information content (AvgIpc) is 2.56. The van der Waals surface area contributed by atoms with Crippen LogP contribution in [0.1, 0.15) is 24.5 Å². The molecule has 3 nitrogen and oxygen atoms in total. The van der Waals surface area contributed by atoms with Gasteiger partial charge in [-0.2, -0.15) is 0 Å². The molecule has 0 saturated heterocycles. The highest BCUT2D eigenvalue weighted by Gasteiger charge is 2.12. The Morgan fingerprint density at radius 2 is 1.96 bits per heavy atom.